The number of nitrogens with one attached hydrogen (secondary N) is 2. The number of aliphatic hydroxyl groups excluding tert-OH is 5. The van der Waals surface area contributed by atoms with E-state index in [4.69, 9.17) is 46.6 Å². The lowest BCUT2D eigenvalue weighted by molar-refractivity contribution is -0.373. The molecule has 0 amide bonds. The second kappa shape index (κ2) is 13.6. The largest absolute Gasteiger partial charge is 0.394 e. The molecule has 4 fully saturated rings. The summed E-state index contributed by atoms with van der Waals surface area (Å²) in [4.78, 5) is 0. The van der Waals surface area contributed by atoms with Gasteiger partial charge >= 0.3 is 0 Å². The Balaban J connectivity index is 1.41. The molecule has 1 saturated carbocycles. The quantitative estimate of drug-likeness (QED) is 0.124. The molecular formula is C23H46N6O10. The molecule has 1 aliphatic carbocycles. The molecule has 0 aromatic rings. The molecule has 0 radical (unpaired) electrons. The Morgan fingerprint density at radius 3 is 2.21 bits per heavy atom. The maximum atomic E-state index is 11.2. The minimum Gasteiger partial charge on any atom is -0.394 e. The molecular weight excluding hydrogens is 520 g/mol. The highest BCUT2D eigenvalue weighted by molar-refractivity contribution is 5.00. The molecule has 16 nitrogen and oxygen atoms in total. The molecule has 0 aromatic carbocycles. The summed E-state index contributed by atoms with van der Waals surface area (Å²) in [6, 6.07) is -3.01. The first kappa shape index (κ1) is 31.3. The van der Waals surface area contributed by atoms with Crippen LogP contribution in [0.2, 0.25) is 0 Å². The third kappa shape index (κ3) is 6.72. The first-order chi connectivity index (χ1) is 18.6. The van der Waals surface area contributed by atoms with Crippen LogP contribution in [0.15, 0.2) is 0 Å². The van der Waals surface area contributed by atoms with Crippen LogP contribution in [0.4, 0.5) is 0 Å². The molecule has 0 spiro atoms. The van der Waals surface area contributed by atoms with Gasteiger partial charge in [0, 0.05) is 25.2 Å². The fourth-order valence-corrected chi connectivity index (χ4v) is 5.96. The van der Waals surface area contributed by atoms with Crippen molar-refractivity contribution in [3.63, 3.8) is 0 Å². The van der Waals surface area contributed by atoms with Gasteiger partial charge in [0.05, 0.1) is 36.9 Å². The van der Waals surface area contributed by atoms with Gasteiger partial charge in [-0.1, -0.05) is 0 Å². The number of nitrogens with two attached hydrogens (primary N) is 4. The van der Waals surface area contributed by atoms with Crippen molar-refractivity contribution in [3.05, 3.63) is 0 Å². The standard InChI is InChI=1S/C23H46N6O10/c1-28-15-17(33)20-12(6-10(27)21(38-20)37-19-9(26)4-8(25)5-11(19)31)35-22(15)39-23-18(34)16(32)14(29-3-2-24)13(7-30)36-23/h8-23,28-34H,2-7,24-27H2,1H3/t8-,9?,10?,11?,12+,13?,14-,15?,16?,17?,18?,19-,20?,21+,22?,23-/m1/s1. The Hall–Kier alpha value is -0.640. The second-order valence-corrected chi connectivity index (χ2v) is 10.9. The van der Waals surface area contributed by atoms with E-state index in [0.29, 0.717) is 19.4 Å². The third-order valence-corrected chi connectivity index (χ3v) is 8.04. The van der Waals surface area contributed by atoms with Gasteiger partial charge in [-0.15, -0.1) is 0 Å². The van der Waals surface area contributed by atoms with Crippen LogP contribution in [0.25, 0.3) is 0 Å². The normalized spacial score (nSPS) is 50.9. The van der Waals surface area contributed by atoms with E-state index in [1.807, 2.05) is 0 Å². The third-order valence-electron chi connectivity index (χ3n) is 8.04. The van der Waals surface area contributed by atoms with Gasteiger partial charge in [0.15, 0.2) is 18.9 Å². The summed E-state index contributed by atoms with van der Waals surface area (Å²) in [5, 5.41) is 58.7. The minimum absolute atomic E-state index is 0.224. The Kier molecular flexibility index (Phi) is 10.9. The molecule has 16 heteroatoms. The van der Waals surface area contributed by atoms with E-state index in [1.54, 1.807) is 7.05 Å². The van der Waals surface area contributed by atoms with Crippen LogP contribution in [-0.4, -0.2) is 150 Å². The van der Waals surface area contributed by atoms with Crippen LogP contribution in [0.5, 0.6) is 0 Å². The van der Waals surface area contributed by atoms with Gasteiger partial charge in [0.1, 0.15) is 36.6 Å². The molecule has 3 heterocycles. The SMILES string of the molecule is CNC1C(O[C@H]2OC(CO)[C@@H](NCCN)C(O)C2O)O[C@H]2CC(N)[C@@H](O[C@@H]3C(N)C[C@@H](N)CC3O)OC2C1O. The van der Waals surface area contributed by atoms with E-state index >= 15 is 0 Å². The predicted octanol–water partition coefficient (Wildman–Crippen LogP) is -6.33. The first-order valence-electron chi connectivity index (χ1n) is 13.6. The van der Waals surface area contributed by atoms with Crippen LogP contribution < -0.4 is 33.6 Å². The molecule has 4 rings (SSSR count). The van der Waals surface area contributed by atoms with E-state index in [-0.39, 0.29) is 19.0 Å². The van der Waals surface area contributed by atoms with E-state index in [1.165, 1.54) is 0 Å². The number of ether oxygens (including phenoxy) is 5. The molecule has 10 unspecified atom stereocenters. The number of hydrogen-bond donors (Lipinski definition) is 11. The zero-order valence-electron chi connectivity index (χ0n) is 22.1. The smallest absolute Gasteiger partial charge is 0.189 e. The average molecular weight is 567 g/mol. The molecule has 0 aromatic heterocycles. The molecule has 15 N–H and O–H groups in total. The maximum absolute atomic E-state index is 11.2. The van der Waals surface area contributed by atoms with E-state index < -0.39 is 98.5 Å². The summed E-state index contributed by atoms with van der Waals surface area (Å²) in [5.74, 6) is 0. The molecule has 3 saturated heterocycles. The van der Waals surface area contributed by atoms with Crippen molar-refractivity contribution in [1.82, 2.24) is 10.6 Å². The highest BCUT2D eigenvalue weighted by Crippen LogP contribution is 2.35. The van der Waals surface area contributed by atoms with Gasteiger partial charge in [-0.05, 0) is 26.3 Å². The number of rotatable bonds is 9. The van der Waals surface area contributed by atoms with E-state index in [0.717, 1.165) is 0 Å². The fourth-order valence-electron chi connectivity index (χ4n) is 5.96. The van der Waals surface area contributed by atoms with Crippen molar-refractivity contribution in [2.45, 2.75) is 117 Å². The Morgan fingerprint density at radius 1 is 0.821 bits per heavy atom. The summed E-state index contributed by atoms with van der Waals surface area (Å²) in [6.07, 6.45) is -10.5. The number of fused-ring (bicyclic) bond motifs is 1. The summed E-state index contributed by atoms with van der Waals surface area (Å²) in [7, 11) is 1.59. The topological polar surface area (TPSA) is 275 Å². The van der Waals surface area contributed by atoms with Crippen LogP contribution >= 0.6 is 0 Å². The van der Waals surface area contributed by atoms with Gasteiger partial charge < -0.3 is 82.8 Å². The minimum atomic E-state index is -1.49. The molecule has 4 aliphatic rings. The van der Waals surface area contributed by atoms with Crippen LogP contribution in [0.3, 0.4) is 0 Å². The first-order valence-corrected chi connectivity index (χ1v) is 13.6. The summed E-state index contributed by atoms with van der Waals surface area (Å²) < 4.78 is 29.8. The molecule has 16 atom stereocenters. The predicted molar refractivity (Wildman–Crippen MR) is 135 cm³/mol. The van der Waals surface area contributed by atoms with Crippen molar-refractivity contribution in [3.8, 4) is 0 Å². The van der Waals surface area contributed by atoms with Gasteiger partial charge in [-0.3, -0.25) is 0 Å². The highest BCUT2D eigenvalue weighted by atomic mass is 16.8. The van der Waals surface area contributed by atoms with E-state index in [9.17, 15) is 25.5 Å². The lowest BCUT2D eigenvalue weighted by atomic mass is 9.86. The monoisotopic (exact) mass is 566 g/mol. The van der Waals surface area contributed by atoms with Crippen molar-refractivity contribution in [2.24, 2.45) is 22.9 Å². The van der Waals surface area contributed by atoms with E-state index in [2.05, 4.69) is 10.6 Å². The highest BCUT2D eigenvalue weighted by Gasteiger charge is 2.54. The number of aliphatic hydroxyl groups is 5. The molecule has 3 aliphatic heterocycles. The van der Waals surface area contributed by atoms with Crippen molar-refractivity contribution >= 4 is 0 Å². The van der Waals surface area contributed by atoms with Crippen LogP contribution in [0.1, 0.15) is 19.3 Å². The lowest BCUT2D eigenvalue weighted by Gasteiger charge is -2.51. The molecule has 0 bridgehead atoms. The Bertz CT molecular complexity index is 761. The Morgan fingerprint density at radius 2 is 1.56 bits per heavy atom. The van der Waals surface area contributed by atoms with Crippen molar-refractivity contribution < 1.29 is 49.2 Å². The number of likely N-dealkylation sites (N-methyl/N-ethyl adjacent to an activating group) is 1. The lowest BCUT2D eigenvalue weighted by Crippen LogP contribution is -2.70. The zero-order valence-corrected chi connectivity index (χ0v) is 22.1. The number of hydrogen-bond acceptors (Lipinski definition) is 16. The Labute approximate surface area is 227 Å². The van der Waals surface area contributed by atoms with Gasteiger partial charge in [-0.25, -0.2) is 0 Å². The van der Waals surface area contributed by atoms with Crippen LogP contribution in [0, 0.1) is 0 Å². The fraction of sp³-hybridized carbons (Fsp3) is 1.00. The summed E-state index contributed by atoms with van der Waals surface area (Å²) in [5.41, 5.74) is 24.0. The summed E-state index contributed by atoms with van der Waals surface area (Å²) in [6.45, 7) is 0.179. The van der Waals surface area contributed by atoms with Crippen LogP contribution in [-0.2, 0) is 23.7 Å². The van der Waals surface area contributed by atoms with Crippen molar-refractivity contribution in [2.75, 3.05) is 26.7 Å². The maximum Gasteiger partial charge on any atom is 0.189 e. The van der Waals surface area contributed by atoms with Gasteiger partial charge in [0.2, 0.25) is 0 Å². The average Bonchev–Trinajstić information content (AvgIpc) is 2.89. The molecule has 228 valence electrons. The molecule has 39 heavy (non-hydrogen) atoms. The summed E-state index contributed by atoms with van der Waals surface area (Å²) >= 11 is 0. The van der Waals surface area contributed by atoms with Gasteiger partial charge in [-0.2, -0.15) is 0 Å². The second-order valence-electron chi connectivity index (χ2n) is 10.9. The van der Waals surface area contributed by atoms with Gasteiger partial charge in [0.25, 0.3) is 0 Å². The van der Waals surface area contributed by atoms with Crippen molar-refractivity contribution in [1.29, 1.82) is 0 Å². The zero-order chi connectivity index (χ0) is 28.4.